The van der Waals surface area contributed by atoms with Crippen LogP contribution in [0.5, 0.6) is 0 Å². The molecule has 0 aliphatic rings. The van der Waals surface area contributed by atoms with Gasteiger partial charge in [0.25, 0.3) is 0 Å². The number of rotatable bonds is 4. The monoisotopic (exact) mass is 339 g/mol. The van der Waals surface area contributed by atoms with Gasteiger partial charge >= 0.3 is 0 Å². The van der Waals surface area contributed by atoms with Gasteiger partial charge in [-0.2, -0.15) is 0 Å². The van der Waals surface area contributed by atoms with Crippen molar-refractivity contribution in [1.82, 2.24) is 4.72 Å². The van der Waals surface area contributed by atoms with E-state index in [9.17, 15) is 17.9 Å². The number of sulfonamides is 1. The van der Waals surface area contributed by atoms with Crippen molar-refractivity contribution in [2.24, 2.45) is 0 Å². The molecule has 0 amide bonds. The number of aliphatic hydroxyl groups excluding tert-OH is 1. The first kappa shape index (κ1) is 15.6. The SMILES string of the molecule is CC(O)C(C)(C)NS(=O)(=O)c1ccc(F)cc1Br. The van der Waals surface area contributed by atoms with Crippen LogP contribution in [0.4, 0.5) is 4.39 Å². The van der Waals surface area contributed by atoms with Crippen LogP contribution in [0, 0.1) is 5.82 Å². The summed E-state index contributed by atoms with van der Waals surface area (Å²) in [6.07, 6.45) is -0.869. The number of aliphatic hydroxyl groups is 1. The minimum atomic E-state index is -3.83. The summed E-state index contributed by atoms with van der Waals surface area (Å²) in [5, 5.41) is 9.51. The summed E-state index contributed by atoms with van der Waals surface area (Å²) in [7, 11) is -3.83. The number of benzene rings is 1. The van der Waals surface area contributed by atoms with Crippen LogP contribution in [-0.4, -0.2) is 25.2 Å². The highest BCUT2D eigenvalue weighted by Crippen LogP contribution is 2.24. The Morgan fingerprint density at radius 1 is 1.44 bits per heavy atom. The van der Waals surface area contributed by atoms with E-state index >= 15 is 0 Å². The third-order valence-electron chi connectivity index (χ3n) is 2.63. The van der Waals surface area contributed by atoms with E-state index in [0.717, 1.165) is 12.1 Å². The Kier molecular flexibility index (Phi) is 4.53. The Labute approximate surface area is 114 Å². The fraction of sp³-hybridized carbons (Fsp3) is 0.455. The molecule has 1 aromatic rings. The number of halogens is 2. The summed E-state index contributed by atoms with van der Waals surface area (Å²) in [5.74, 6) is -0.532. The van der Waals surface area contributed by atoms with Crippen molar-refractivity contribution >= 4 is 26.0 Å². The van der Waals surface area contributed by atoms with Crippen LogP contribution in [0.1, 0.15) is 20.8 Å². The molecular weight excluding hydrogens is 325 g/mol. The van der Waals surface area contributed by atoms with Gasteiger partial charge in [-0.15, -0.1) is 0 Å². The predicted molar refractivity (Wildman–Crippen MR) is 70.2 cm³/mol. The molecule has 1 aromatic carbocycles. The van der Waals surface area contributed by atoms with Crippen molar-refractivity contribution in [2.45, 2.75) is 37.3 Å². The van der Waals surface area contributed by atoms with E-state index in [1.807, 2.05) is 0 Å². The van der Waals surface area contributed by atoms with E-state index in [1.165, 1.54) is 13.0 Å². The quantitative estimate of drug-likeness (QED) is 0.881. The molecule has 18 heavy (non-hydrogen) atoms. The molecule has 4 nitrogen and oxygen atoms in total. The maximum atomic E-state index is 12.9. The Hall–Kier alpha value is -0.500. The van der Waals surface area contributed by atoms with Crippen LogP contribution in [0.15, 0.2) is 27.6 Å². The first-order valence-electron chi connectivity index (χ1n) is 5.23. The summed E-state index contributed by atoms with van der Waals surface area (Å²) < 4.78 is 39.6. The first-order valence-corrected chi connectivity index (χ1v) is 7.51. The van der Waals surface area contributed by atoms with Gasteiger partial charge in [-0.05, 0) is 54.9 Å². The van der Waals surface area contributed by atoms with Gasteiger partial charge < -0.3 is 5.11 Å². The van der Waals surface area contributed by atoms with Crippen LogP contribution in [0.3, 0.4) is 0 Å². The Morgan fingerprint density at radius 2 is 2.00 bits per heavy atom. The molecule has 0 radical (unpaired) electrons. The lowest BCUT2D eigenvalue weighted by Crippen LogP contribution is -2.50. The van der Waals surface area contributed by atoms with Crippen molar-refractivity contribution in [3.05, 3.63) is 28.5 Å². The van der Waals surface area contributed by atoms with E-state index in [1.54, 1.807) is 13.8 Å². The molecule has 1 rings (SSSR count). The van der Waals surface area contributed by atoms with Crippen molar-refractivity contribution < 1.29 is 17.9 Å². The normalized spacial score (nSPS) is 14.6. The van der Waals surface area contributed by atoms with E-state index in [0.29, 0.717) is 0 Å². The minimum absolute atomic E-state index is 0.0716. The molecular formula is C11H15BrFNO3S. The molecule has 1 atom stereocenters. The molecule has 0 bridgehead atoms. The topological polar surface area (TPSA) is 66.4 Å². The van der Waals surface area contributed by atoms with E-state index in [-0.39, 0.29) is 9.37 Å². The van der Waals surface area contributed by atoms with Crippen molar-refractivity contribution in [1.29, 1.82) is 0 Å². The average molecular weight is 340 g/mol. The van der Waals surface area contributed by atoms with Crippen LogP contribution in [0.25, 0.3) is 0 Å². The van der Waals surface area contributed by atoms with Crippen molar-refractivity contribution in [3.63, 3.8) is 0 Å². The Balaban J connectivity index is 3.15. The van der Waals surface area contributed by atoms with E-state index in [2.05, 4.69) is 20.7 Å². The van der Waals surface area contributed by atoms with Gasteiger partial charge in [0.1, 0.15) is 5.82 Å². The third kappa shape index (κ3) is 3.50. The van der Waals surface area contributed by atoms with Gasteiger partial charge in [0.2, 0.25) is 10.0 Å². The van der Waals surface area contributed by atoms with Crippen LogP contribution in [0.2, 0.25) is 0 Å². The van der Waals surface area contributed by atoms with Crippen molar-refractivity contribution in [3.8, 4) is 0 Å². The van der Waals surface area contributed by atoms with E-state index in [4.69, 9.17) is 0 Å². The summed E-state index contributed by atoms with van der Waals surface area (Å²) >= 11 is 3.01. The van der Waals surface area contributed by atoms with E-state index < -0.39 is 27.5 Å². The van der Waals surface area contributed by atoms with Gasteiger partial charge in [0.15, 0.2) is 0 Å². The lowest BCUT2D eigenvalue weighted by atomic mass is 10.0. The molecule has 1 unspecified atom stereocenters. The van der Waals surface area contributed by atoms with Gasteiger partial charge in [0.05, 0.1) is 16.5 Å². The van der Waals surface area contributed by atoms with Crippen LogP contribution in [-0.2, 0) is 10.0 Å². The van der Waals surface area contributed by atoms with Crippen LogP contribution >= 0.6 is 15.9 Å². The summed E-state index contributed by atoms with van der Waals surface area (Å²) in [6.45, 7) is 4.61. The number of hydrogen-bond donors (Lipinski definition) is 2. The smallest absolute Gasteiger partial charge is 0.242 e. The summed E-state index contributed by atoms with van der Waals surface area (Å²) in [4.78, 5) is -0.0716. The minimum Gasteiger partial charge on any atom is -0.391 e. The molecule has 0 heterocycles. The summed E-state index contributed by atoms with van der Waals surface area (Å²) in [5.41, 5.74) is -1.02. The predicted octanol–water partition coefficient (Wildman–Crippen LogP) is 2.03. The lowest BCUT2D eigenvalue weighted by Gasteiger charge is -2.29. The molecule has 7 heteroatoms. The molecule has 2 N–H and O–H groups in total. The molecule has 0 spiro atoms. The van der Waals surface area contributed by atoms with Gasteiger partial charge in [0, 0.05) is 4.47 Å². The number of nitrogens with one attached hydrogen (secondary N) is 1. The third-order valence-corrected chi connectivity index (χ3v) is 5.27. The second kappa shape index (κ2) is 5.24. The van der Waals surface area contributed by atoms with Gasteiger partial charge in [-0.3, -0.25) is 0 Å². The standard InChI is InChI=1S/C11H15BrFNO3S/c1-7(15)11(2,3)14-18(16,17)10-5-4-8(13)6-9(10)12/h4-7,14-15H,1-3H3. The first-order chi connectivity index (χ1) is 8.06. The van der Waals surface area contributed by atoms with Crippen molar-refractivity contribution in [2.75, 3.05) is 0 Å². The fourth-order valence-electron chi connectivity index (χ4n) is 1.18. The maximum Gasteiger partial charge on any atom is 0.242 e. The fourth-order valence-corrected chi connectivity index (χ4v) is 3.71. The van der Waals surface area contributed by atoms with Gasteiger partial charge in [-0.1, -0.05) is 0 Å². The molecule has 0 aromatic heterocycles. The molecule has 0 fully saturated rings. The lowest BCUT2D eigenvalue weighted by molar-refractivity contribution is 0.111. The van der Waals surface area contributed by atoms with Crippen LogP contribution < -0.4 is 4.72 Å². The average Bonchev–Trinajstić information content (AvgIpc) is 2.14. The Bertz CT molecular complexity index is 543. The largest absolute Gasteiger partial charge is 0.391 e. The highest BCUT2D eigenvalue weighted by molar-refractivity contribution is 9.10. The highest BCUT2D eigenvalue weighted by Gasteiger charge is 2.31. The zero-order valence-electron chi connectivity index (χ0n) is 10.2. The molecule has 102 valence electrons. The van der Waals surface area contributed by atoms with Gasteiger partial charge in [-0.25, -0.2) is 17.5 Å². The summed E-state index contributed by atoms with van der Waals surface area (Å²) in [6, 6.07) is 3.30. The molecule has 0 aliphatic carbocycles. The highest BCUT2D eigenvalue weighted by atomic mass is 79.9. The Morgan fingerprint density at radius 3 is 2.44 bits per heavy atom. The second-order valence-electron chi connectivity index (χ2n) is 4.58. The zero-order chi connectivity index (χ0) is 14.1. The molecule has 0 saturated heterocycles. The zero-order valence-corrected chi connectivity index (χ0v) is 12.6. The number of hydrogen-bond acceptors (Lipinski definition) is 3. The maximum absolute atomic E-state index is 12.9. The molecule has 0 aliphatic heterocycles. The molecule has 0 saturated carbocycles. The second-order valence-corrected chi connectivity index (χ2v) is 7.08.